The van der Waals surface area contributed by atoms with E-state index in [2.05, 4.69) is 19.2 Å². The van der Waals surface area contributed by atoms with Gasteiger partial charge in [-0.05, 0) is 46.6 Å². The summed E-state index contributed by atoms with van der Waals surface area (Å²) < 4.78 is 5.43. The van der Waals surface area contributed by atoms with Gasteiger partial charge in [-0.1, -0.05) is 6.92 Å². The lowest BCUT2D eigenvalue weighted by Crippen LogP contribution is -2.45. The van der Waals surface area contributed by atoms with Crippen LogP contribution in [0.15, 0.2) is 0 Å². The molecule has 1 fully saturated rings. The fourth-order valence-electron chi connectivity index (χ4n) is 1.93. The average Bonchev–Trinajstić information content (AvgIpc) is 2.06. The van der Waals surface area contributed by atoms with Gasteiger partial charge in [0, 0.05) is 6.04 Å². The molecule has 0 aromatic rings. The minimum absolute atomic E-state index is 0.0386. The zero-order valence-electron chi connectivity index (χ0n) is 10.5. The summed E-state index contributed by atoms with van der Waals surface area (Å²) >= 11 is 0. The molecule has 0 saturated carbocycles. The Morgan fingerprint density at radius 3 is 2.47 bits per heavy atom. The van der Waals surface area contributed by atoms with E-state index in [0.29, 0.717) is 12.0 Å². The van der Waals surface area contributed by atoms with E-state index in [1.807, 2.05) is 20.8 Å². The topological polar surface area (TPSA) is 38.3 Å². The smallest absolute Gasteiger partial charge is 0.309 e. The molecule has 1 heterocycles. The number of nitrogens with one attached hydrogen (secondary N) is 1. The average molecular weight is 213 g/mol. The zero-order valence-corrected chi connectivity index (χ0v) is 10.5. The van der Waals surface area contributed by atoms with Crippen molar-refractivity contribution in [2.75, 3.05) is 6.54 Å². The fourth-order valence-corrected chi connectivity index (χ4v) is 1.93. The molecule has 0 aromatic heterocycles. The van der Waals surface area contributed by atoms with E-state index < -0.39 is 0 Å². The van der Waals surface area contributed by atoms with Crippen molar-refractivity contribution in [3.05, 3.63) is 0 Å². The molecule has 0 radical (unpaired) electrons. The van der Waals surface area contributed by atoms with Crippen LogP contribution in [0.2, 0.25) is 0 Å². The van der Waals surface area contributed by atoms with E-state index in [1.54, 1.807) is 0 Å². The number of carbonyl (C=O) groups excluding carboxylic acids is 1. The molecule has 3 nitrogen and oxygen atoms in total. The zero-order chi connectivity index (χ0) is 11.6. The summed E-state index contributed by atoms with van der Waals surface area (Å²) in [5.41, 5.74) is -0.370. The molecule has 3 heteroatoms. The second-order valence-electron chi connectivity index (χ2n) is 5.66. The van der Waals surface area contributed by atoms with Crippen LogP contribution >= 0.6 is 0 Å². The summed E-state index contributed by atoms with van der Waals surface area (Å²) in [6, 6.07) is 0.415. The lowest BCUT2D eigenvalue weighted by molar-refractivity contribution is -0.163. The standard InChI is InChI=1S/C12H23NO2/c1-8-7-13-9(2)6-10(8)11(14)15-12(3,4)5/h8-10,13H,6-7H2,1-5H3/t8-,9-,10+/m1/s1. The SMILES string of the molecule is C[C@@H]1C[C@H](C(=O)OC(C)(C)C)[C@H](C)CN1. The van der Waals surface area contributed by atoms with E-state index in [1.165, 1.54) is 0 Å². The first-order valence-corrected chi connectivity index (χ1v) is 5.76. The maximum Gasteiger partial charge on any atom is 0.309 e. The third-order valence-corrected chi connectivity index (χ3v) is 2.79. The van der Waals surface area contributed by atoms with Crippen LogP contribution in [0.5, 0.6) is 0 Å². The van der Waals surface area contributed by atoms with Gasteiger partial charge >= 0.3 is 5.97 Å². The summed E-state index contributed by atoms with van der Waals surface area (Å²) in [6.45, 7) is 10.9. The third kappa shape index (κ3) is 3.82. The number of rotatable bonds is 1. The van der Waals surface area contributed by atoms with E-state index in [-0.39, 0.29) is 17.5 Å². The van der Waals surface area contributed by atoms with Gasteiger partial charge in [-0.15, -0.1) is 0 Å². The lowest BCUT2D eigenvalue weighted by atomic mass is 9.84. The quantitative estimate of drug-likeness (QED) is 0.677. The van der Waals surface area contributed by atoms with Crippen molar-refractivity contribution in [3.63, 3.8) is 0 Å². The predicted octanol–water partition coefficient (Wildman–Crippen LogP) is 1.96. The van der Waals surface area contributed by atoms with Gasteiger partial charge in [0.2, 0.25) is 0 Å². The highest BCUT2D eigenvalue weighted by Gasteiger charge is 2.33. The van der Waals surface area contributed by atoms with Crippen molar-refractivity contribution in [1.29, 1.82) is 0 Å². The molecule has 88 valence electrons. The van der Waals surface area contributed by atoms with Crippen LogP contribution < -0.4 is 5.32 Å². The first-order valence-electron chi connectivity index (χ1n) is 5.76. The number of hydrogen-bond acceptors (Lipinski definition) is 3. The van der Waals surface area contributed by atoms with E-state index >= 15 is 0 Å². The van der Waals surface area contributed by atoms with E-state index in [0.717, 1.165) is 13.0 Å². The molecule has 1 aliphatic heterocycles. The summed E-state index contributed by atoms with van der Waals surface area (Å²) in [4.78, 5) is 11.9. The van der Waals surface area contributed by atoms with Gasteiger partial charge in [0.1, 0.15) is 5.60 Å². The highest BCUT2D eigenvalue weighted by Crippen LogP contribution is 2.25. The highest BCUT2D eigenvalue weighted by atomic mass is 16.6. The van der Waals surface area contributed by atoms with E-state index in [9.17, 15) is 4.79 Å². The van der Waals surface area contributed by atoms with Crippen molar-refractivity contribution in [2.24, 2.45) is 11.8 Å². The fraction of sp³-hybridized carbons (Fsp3) is 0.917. The highest BCUT2D eigenvalue weighted by molar-refractivity contribution is 5.73. The van der Waals surface area contributed by atoms with Crippen molar-refractivity contribution in [2.45, 2.75) is 52.7 Å². The number of esters is 1. The number of carbonyl (C=O) groups is 1. The van der Waals surface area contributed by atoms with Gasteiger partial charge in [-0.25, -0.2) is 0 Å². The summed E-state index contributed by atoms with van der Waals surface area (Å²) in [5, 5.41) is 3.37. The molecule has 0 unspecified atom stereocenters. The molecule has 0 bridgehead atoms. The Labute approximate surface area is 92.6 Å². The van der Waals surface area contributed by atoms with Crippen LogP contribution in [0.1, 0.15) is 41.0 Å². The largest absolute Gasteiger partial charge is 0.460 e. The molecule has 1 rings (SSSR count). The molecule has 1 saturated heterocycles. The molecule has 0 amide bonds. The van der Waals surface area contributed by atoms with Gasteiger partial charge in [0.05, 0.1) is 5.92 Å². The van der Waals surface area contributed by atoms with Crippen molar-refractivity contribution >= 4 is 5.97 Å². The molecule has 0 aromatic carbocycles. The van der Waals surface area contributed by atoms with Crippen LogP contribution in [0.25, 0.3) is 0 Å². The molecule has 1 N–H and O–H groups in total. The Hall–Kier alpha value is -0.570. The first kappa shape index (κ1) is 12.5. The van der Waals surface area contributed by atoms with Crippen LogP contribution in [0, 0.1) is 11.8 Å². The minimum Gasteiger partial charge on any atom is -0.460 e. The second kappa shape index (κ2) is 4.52. The maximum absolute atomic E-state index is 11.9. The number of ether oxygens (including phenoxy) is 1. The first-order chi connectivity index (χ1) is 6.79. The Morgan fingerprint density at radius 1 is 1.33 bits per heavy atom. The maximum atomic E-state index is 11.9. The number of hydrogen-bond donors (Lipinski definition) is 1. The van der Waals surface area contributed by atoms with Crippen molar-refractivity contribution in [3.8, 4) is 0 Å². The molecular weight excluding hydrogens is 190 g/mol. The molecular formula is C12H23NO2. The van der Waals surface area contributed by atoms with Gasteiger partial charge < -0.3 is 10.1 Å². The van der Waals surface area contributed by atoms with Crippen LogP contribution in [-0.2, 0) is 9.53 Å². The normalized spacial score (nSPS) is 32.5. The van der Waals surface area contributed by atoms with Crippen molar-refractivity contribution in [1.82, 2.24) is 5.32 Å². The summed E-state index contributed by atoms with van der Waals surface area (Å²) in [7, 11) is 0. The Balaban J connectivity index is 2.57. The van der Waals surface area contributed by atoms with Gasteiger partial charge in [-0.3, -0.25) is 4.79 Å². The minimum atomic E-state index is -0.370. The number of piperidine rings is 1. The lowest BCUT2D eigenvalue weighted by Gasteiger charge is -2.34. The molecule has 3 atom stereocenters. The third-order valence-electron chi connectivity index (χ3n) is 2.79. The van der Waals surface area contributed by atoms with Gasteiger partial charge in [0.15, 0.2) is 0 Å². The Kier molecular flexibility index (Phi) is 3.77. The second-order valence-corrected chi connectivity index (χ2v) is 5.66. The predicted molar refractivity (Wildman–Crippen MR) is 60.6 cm³/mol. The molecule has 15 heavy (non-hydrogen) atoms. The molecule has 0 aliphatic carbocycles. The van der Waals surface area contributed by atoms with Crippen LogP contribution in [0.3, 0.4) is 0 Å². The summed E-state index contributed by atoms with van der Waals surface area (Å²) in [6.07, 6.45) is 0.885. The van der Waals surface area contributed by atoms with E-state index in [4.69, 9.17) is 4.74 Å². The summed E-state index contributed by atoms with van der Waals surface area (Å²) in [5.74, 6) is 0.389. The molecule has 0 spiro atoms. The van der Waals surface area contributed by atoms with Crippen LogP contribution in [0.4, 0.5) is 0 Å². The van der Waals surface area contributed by atoms with Crippen molar-refractivity contribution < 1.29 is 9.53 Å². The monoisotopic (exact) mass is 213 g/mol. The van der Waals surface area contributed by atoms with Crippen LogP contribution in [-0.4, -0.2) is 24.2 Å². The molecule has 1 aliphatic rings. The van der Waals surface area contributed by atoms with Gasteiger partial charge in [-0.2, -0.15) is 0 Å². The Bertz CT molecular complexity index is 232. The Morgan fingerprint density at radius 2 is 1.93 bits per heavy atom. The van der Waals surface area contributed by atoms with Gasteiger partial charge in [0.25, 0.3) is 0 Å².